The Labute approximate surface area is 197 Å². The molecule has 1 aromatic heterocycles. The largest absolute Gasteiger partial charge is 0.449 e. The molecule has 0 radical (unpaired) electrons. The highest BCUT2D eigenvalue weighted by Crippen LogP contribution is 2.44. The molecule has 0 bridgehead atoms. The molecule has 7 nitrogen and oxygen atoms in total. The number of nitrogens with zero attached hydrogens (tertiary/aromatic N) is 2. The summed E-state index contributed by atoms with van der Waals surface area (Å²) in [5, 5.41) is 14.8. The van der Waals surface area contributed by atoms with Gasteiger partial charge in [0.1, 0.15) is 18.2 Å². The van der Waals surface area contributed by atoms with Crippen LogP contribution in [0.1, 0.15) is 35.4 Å². The van der Waals surface area contributed by atoms with Gasteiger partial charge in [-0.05, 0) is 52.8 Å². The number of carbonyl (C=O) groups is 2. The fraction of sp³-hybridized carbons (Fsp3) is 0.259. The zero-order valence-corrected chi connectivity index (χ0v) is 18.5. The van der Waals surface area contributed by atoms with E-state index in [1.807, 2.05) is 24.3 Å². The van der Waals surface area contributed by atoms with Crippen LogP contribution in [0.4, 0.5) is 4.79 Å². The Morgan fingerprint density at radius 1 is 1.03 bits per heavy atom. The van der Waals surface area contributed by atoms with Crippen molar-refractivity contribution in [3.63, 3.8) is 0 Å². The van der Waals surface area contributed by atoms with Crippen LogP contribution in [0, 0.1) is 11.3 Å². The SMILES string of the molecule is N#CC1(NC(=O)C(Cc2ccncc2)NC(=O)OCC2c3ccccc3-c3ccccc32)CC1. The highest BCUT2D eigenvalue weighted by atomic mass is 16.5. The maximum absolute atomic E-state index is 12.9. The molecule has 170 valence electrons. The molecule has 7 heteroatoms. The molecule has 5 rings (SSSR count). The zero-order chi connectivity index (χ0) is 23.5. The van der Waals surface area contributed by atoms with Crippen molar-refractivity contribution in [2.75, 3.05) is 6.61 Å². The smallest absolute Gasteiger partial charge is 0.407 e. The summed E-state index contributed by atoms with van der Waals surface area (Å²) >= 11 is 0. The van der Waals surface area contributed by atoms with Gasteiger partial charge in [-0.1, -0.05) is 48.5 Å². The van der Waals surface area contributed by atoms with Crippen LogP contribution < -0.4 is 10.6 Å². The number of amides is 2. The molecule has 2 amide bonds. The predicted octanol–water partition coefficient (Wildman–Crippen LogP) is 3.70. The Morgan fingerprint density at radius 2 is 1.65 bits per heavy atom. The molecular weight excluding hydrogens is 428 g/mol. The van der Waals surface area contributed by atoms with Crippen LogP contribution in [0.3, 0.4) is 0 Å². The number of benzene rings is 2. The Kier molecular flexibility index (Phi) is 5.72. The number of fused-ring (bicyclic) bond motifs is 3. The molecule has 0 saturated heterocycles. The first-order chi connectivity index (χ1) is 16.6. The maximum atomic E-state index is 12.9. The summed E-state index contributed by atoms with van der Waals surface area (Å²) in [6, 6.07) is 21.1. The van der Waals surface area contributed by atoms with E-state index in [0.29, 0.717) is 12.8 Å². The molecule has 0 spiro atoms. The number of nitriles is 1. The lowest BCUT2D eigenvalue weighted by Gasteiger charge is -2.21. The van der Waals surface area contributed by atoms with Crippen LogP contribution >= 0.6 is 0 Å². The Hall–Kier alpha value is -4.18. The van der Waals surface area contributed by atoms with Crippen LogP contribution in [0.2, 0.25) is 0 Å². The van der Waals surface area contributed by atoms with Crippen molar-refractivity contribution >= 4 is 12.0 Å². The van der Waals surface area contributed by atoms with Crippen LogP contribution in [0.5, 0.6) is 0 Å². The second kappa shape index (κ2) is 8.99. The van der Waals surface area contributed by atoms with E-state index in [9.17, 15) is 14.9 Å². The average molecular weight is 453 g/mol. The highest BCUT2D eigenvalue weighted by Gasteiger charge is 2.45. The Morgan fingerprint density at radius 3 is 2.24 bits per heavy atom. The van der Waals surface area contributed by atoms with Gasteiger partial charge in [0.15, 0.2) is 0 Å². The van der Waals surface area contributed by atoms with Gasteiger partial charge in [0, 0.05) is 24.7 Å². The summed E-state index contributed by atoms with van der Waals surface area (Å²) in [7, 11) is 0. The third-order valence-electron chi connectivity index (χ3n) is 6.47. The van der Waals surface area contributed by atoms with E-state index in [1.54, 1.807) is 24.5 Å². The van der Waals surface area contributed by atoms with Gasteiger partial charge in [-0.3, -0.25) is 9.78 Å². The maximum Gasteiger partial charge on any atom is 0.407 e. The lowest BCUT2D eigenvalue weighted by Crippen LogP contribution is -2.51. The molecule has 0 aliphatic heterocycles. The van der Waals surface area contributed by atoms with E-state index < -0.39 is 23.6 Å². The van der Waals surface area contributed by atoms with E-state index in [1.165, 1.54) is 0 Å². The minimum Gasteiger partial charge on any atom is -0.449 e. The van der Waals surface area contributed by atoms with Gasteiger partial charge in [0.25, 0.3) is 0 Å². The number of rotatable bonds is 7. The van der Waals surface area contributed by atoms with Crippen molar-refractivity contribution in [1.29, 1.82) is 5.26 Å². The standard InChI is InChI=1S/C27H24N4O3/c28-17-27(11-12-27)31-25(32)24(15-18-9-13-29-14-10-18)30-26(33)34-16-23-21-7-3-1-5-19(21)20-6-2-4-8-22(20)23/h1-10,13-14,23-24H,11-12,15-16H2,(H,30,33)(H,31,32). The monoisotopic (exact) mass is 452 g/mol. The highest BCUT2D eigenvalue weighted by molar-refractivity contribution is 5.87. The Balaban J connectivity index is 1.28. The van der Waals surface area contributed by atoms with Crippen LogP contribution in [-0.2, 0) is 16.0 Å². The summed E-state index contributed by atoms with van der Waals surface area (Å²) < 4.78 is 5.62. The fourth-order valence-corrected chi connectivity index (χ4v) is 4.46. The van der Waals surface area contributed by atoms with Crippen molar-refractivity contribution in [1.82, 2.24) is 15.6 Å². The predicted molar refractivity (Wildman–Crippen MR) is 126 cm³/mol. The number of hydrogen-bond donors (Lipinski definition) is 2. The van der Waals surface area contributed by atoms with E-state index in [4.69, 9.17) is 4.74 Å². The van der Waals surface area contributed by atoms with Gasteiger partial charge in [0.05, 0.1) is 6.07 Å². The Bertz CT molecular complexity index is 1220. The van der Waals surface area contributed by atoms with Gasteiger partial charge in [-0.15, -0.1) is 0 Å². The molecule has 1 unspecified atom stereocenters. The molecular formula is C27H24N4O3. The van der Waals surface area contributed by atoms with E-state index in [-0.39, 0.29) is 18.9 Å². The van der Waals surface area contributed by atoms with E-state index in [2.05, 4.69) is 46.0 Å². The van der Waals surface area contributed by atoms with Crippen LogP contribution in [0.15, 0.2) is 73.1 Å². The summed E-state index contributed by atoms with van der Waals surface area (Å²) in [4.78, 5) is 29.7. The molecule has 3 aromatic rings. The molecule has 1 heterocycles. The van der Waals surface area contributed by atoms with Crippen molar-refractivity contribution in [3.05, 3.63) is 89.7 Å². The van der Waals surface area contributed by atoms with E-state index >= 15 is 0 Å². The second-order valence-electron chi connectivity index (χ2n) is 8.77. The lowest BCUT2D eigenvalue weighted by atomic mass is 9.98. The van der Waals surface area contributed by atoms with Crippen LogP contribution in [0.25, 0.3) is 11.1 Å². The van der Waals surface area contributed by atoms with Gasteiger partial charge in [-0.25, -0.2) is 4.79 Å². The third-order valence-corrected chi connectivity index (χ3v) is 6.47. The quantitative estimate of drug-likeness (QED) is 0.569. The first kappa shape index (κ1) is 21.7. The normalized spacial score (nSPS) is 15.9. The zero-order valence-electron chi connectivity index (χ0n) is 18.5. The number of hydrogen-bond acceptors (Lipinski definition) is 5. The van der Waals surface area contributed by atoms with Gasteiger partial charge in [0.2, 0.25) is 5.91 Å². The van der Waals surface area contributed by atoms with Gasteiger partial charge >= 0.3 is 6.09 Å². The van der Waals surface area contributed by atoms with E-state index in [0.717, 1.165) is 27.8 Å². The molecule has 1 fully saturated rings. The number of pyridine rings is 1. The molecule has 2 aliphatic rings. The number of nitrogens with one attached hydrogen (secondary N) is 2. The molecule has 2 aromatic carbocycles. The minimum atomic E-state index is -0.871. The third kappa shape index (κ3) is 4.35. The topological polar surface area (TPSA) is 104 Å². The second-order valence-corrected chi connectivity index (χ2v) is 8.77. The molecule has 2 N–H and O–H groups in total. The van der Waals surface area contributed by atoms with Crippen molar-refractivity contribution in [2.45, 2.75) is 36.8 Å². The average Bonchev–Trinajstić information content (AvgIpc) is 3.57. The summed E-state index contributed by atoms with van der Waals surface area (Å²) in [6.07, 6.45) is 4.09. The summed E-state index contributed by atoms with van der Waals surface area (Å²) in [5.74, 6) is -0.469. The minimum absolute atomic E-state index is 0.0704. The fourth-order valence-electron chi connectivity index (χ4n) is 4.46. The molecule has 1 saturated carbocycles. The summed E-state index contributed by atoms with van der Waals surface area (Å²) in [6.45, 7) is 0.158. The van der Waals surface area contributed by atoms with Crippen LogP contribution in [-0.4, -0.2) is 35.2 Å². The number of aromatic nitrogens is 1. The number of carbonyl (C=O) groups excluding carboxylic acids is 2. The molecule has 2 aliphatic carbocycles. The van der Waals surface area contributed by atoms with Crippen molar-refractivity contribution in [3.8, 4) is 17.2 Å². The number of ether oxygens (including phenoxy) is 1. The first-order valence-corrected chi connectivity index (χ1v) is 11.3. The summed E-state index contributed by atoms with van der Waals surface area (Å²) in [5.41, 5.74) is 4.55. The first-order valence-electron chi connectivity index (χ1n) is 11.3. The molecule has 1 atom stereocenters. The lowest BCUT2D eigenvalue weighted by molar-refractivity contribution is -0.123. The van der Waals surface area contributed by atoms with Crippen molar-refractivity contribution in [2.24, 2.45) is 0 Å². The van der Waals surface area contributed by atoms with Gasteiger partial charge in [-0.2, -0.15) is 5.26 Å². The number of alkyl carbamates (subject to hydrolysis) is 1. The molecule has 34 heavy (non-hydrogen) atoms. The van der Waals surface area contributed by atoms with Gasteiger partial charge < -0.3 is 15.4 Å². The van der Waals surface area contributed by atoms with Crippen molar-refractivity contribution < 1.29 is 14.3 Å².